The van der Waals surface area contributed by atoms with Gasteiger partial charge in [-0.15, -0.1) is 0 Å². The Morgan fingerprint density at radius 2 is 2.24 bits per heavy atom. The summed E-state index contributed by atoms with van der Waals surface area (Å²) in [6.07, 6.45) is 6.05. The van der Waals surface area contributed by atoms with E-state index in [2.05, 4.69) is 33.7 Å². The van der Waals surface area contributed by atoms with Crippen LogP contribution in [0.3, 0.4) is 0 Å². The van der Waals surface area contributed by atoms with Gasteiger partial charge in [0, 0.05) is 17.8 Å². The zero-order chi connectivity index (χ0) is 14.1. The summed E-state index contributed by atoms with van der Waals surface area (Å²) in [6, 6.07) is 6.39. The van der Waals surface area contributed by atoms with Crippen LogP contribution < -0.4 is 5.32 Å². The Kier molecular flexibility index (Phi) is 3.59. The number of hydrogen-bond acceptors (Lipinski definition) is 5. The maximum absolute atomic E-state index is 5.50. The molecule has 110 valence electrons. The third-order valence-electron chi connectivity index (χ3n) is 4.20. The van der Waals surface area contributed by atoms with Crippen molar-refractivity contribution in [1.29, 1.82) is 0 Å². The SMILES string of the molecule is c1cc2c(cc1-c1nc(C3CCCCS3)no1)CCCN2. The molecule has 1 aromatic carbocycles. The fourth-order valence-corrected chi connectivity index (χ4v) is 4.27. The summed E-state index contributed by atoms with van der Waals surface area (Å²) >= 11 is 1.95. The maximum atomic E-state index is 5.50. The molecule has 1 atom stereocenters. The summed E-state index contributed by atoms with van der Waals surface area (Å²) in [6.45, 7) is 1.07. The van der Waals surface area contributed by atoms with Crippen LogP contribution >= 0.6 is 11.8 Å². The number of benzene rings is 1. The molecule has 4 nitrogen and oxygen atoms in total. The molecule has 2 aromatic rings. The molecule has 1 unspecified atom stereocenters. The molecule has 0 bridgehead atoms. The second kappa shape index (κ2) is 5.72. The highest BCUT2D eigenvalue weighted by atomic mass is 32.2. The highest BCUT2D eigenvalue weighted by Crippen LogP contribution is 2.37. The number of nitrogens with one attached hydrogen (secondary N) is 1. The first-order valence-electron chi connectivity index (χ1n) is 7.72. The molecule has 1 N–H and O–H groups in total. The first-order chi connectivity index (χ1) is 10.4. The Balaban J connectivity index is 1.60. The molecule has 0 aliphatic carbocycles. The molecular weight excluding hydrogens is 282 g/mol. The predicted octanol–water partition coefficient (Wildman–Crippen LogP) is 4.05. The van der Waals surface area contributed by atoms with Gasteiger partial charge in [0.1, 0.15) is 0 Å². The summed E-state index contributed by atoms with van der Waals surface area (Å²) in [5.41, 5.74) is 3.63. The van der Waals surface area contributed by atoms with Crippen molar-refractivity contribution in [2.75, 3.05) is 17.6 Å². The smallest absolute Gasteiger partial charge is 0.257 e. The Hall–Kier alpha value is -1.49. The lowest BCUT2D eigenvalue weighted by molar-refractivity contribution is 0.420. The van der Waals surface area contributed by atoms with Gasteiger partial charge in [-0.2, -0.15) is 16.7 Å². The van der Waals surface area contributed by atoms with E-state index < -0.39 is 0 Å². The van der Waals surface area contributed by atoms with Crippen molar-refractivity contribution in [2.45, 2.75) is 37.4 Å². The molecule has 4 rings (SSSR count). The number of hydrogen-bond donors (Lipinski definition) is 1. The van der Waals surface area contributed by atoms with E-state index in [0.29, 0.717) is 11.1 Å². The normalized spacial score (nSPS) is 21.6. The highest BCUT2D eigenvalue weighted by molar-refractivity contribution is 7.99. The Morgan fingerprint density at radius 1 is 1.24 bits per heavy atom. The minimum Gasteiger partial charge on any atom is -0.385 e. The van der Waals surface area contributed by atoms with Crippen molar-refractivity contribution in [3.05, 3.63) is 29.6 Å². The Labute approximate surface area is 128 Å². The quantitative estimate of drug-likeness (QED) is 0.906. The summed E-state index contributed by atoms with van der Waals surface area (Å²) < 4.78 is 5.50. The van der Waals surface area contributed by atoms with E-state index in [1.54, 1.807) is 0 Å². The second-order valence-electron chi connectivity index (χ2n) is 5.72. The predicted molar refractivity (Wildman–Crippen MR) is 85.6 cm³/mol. The number of nitrogens with zero attached hydrogens (tertiary/aromatic N) is 2. The molecule has 2 aliphatic heterocycles. The van der Waals surface area contributed by atoms with Crippen molar-refractivity contribution in [2.24, 2.45) is 0 Å². The van der Waals surface area contributed by atoms with Crippen molar-refractivity contribution in [1.82, 2.24) is 10.1 Å². The van der Waals surface area contributed by atoms with Gasteiger partial charge < -0.3 is 9.84 Å². The summed E-state index contributed by atoms with van der Waals surface area (Å²) in [7, 11) is 0. The van der Waals surface area contributed by atoms with E-state index in [-0.39, 0.29) is 0 Å². The van der Waals surface area contributed by atoms with Gasteiger partial charge in [-0.25, -0.2) is 0 Å². The van der Waals surface area contributed by atoms with Crippen LogP contribution in [0.25, 0.3) is 11.5 Å². The minimum atomic E-state index is 0.413. The van der Waals surface area contributed by atoms with Gasteiger partial charge in [0.25, 0.3) is 5.89 Å². The largest absolute Gasteiger partial charge is 0.385 e. The lowest BCUT2D eigenvalue weighted by atomic mass is 10.0. The van der Waals surface area contributed by atoms with E-state index in [0.717, 1.165) is 30.8 Å². The maximum Gasteiger partial charge on any atom is 0.257 e. The zero-order valence-electron chi connectivity index (χ0n) is 12.0. The lowest BCUT2D eigenvalue weighted by Gasteiger charge is -2.18. The molecule has 0 saturated carbocycles. The fraction of sp³-hybridized carbons (Fsp3) is 0.500. The van der Waals surface area contributed by atoms with Crippen LogP contribution in [0, 0.1) is 0 Å². The van der Waals surface area contributed by atoms with Gasteiger partial charge in [0.15, 0.2) is 5.82 Å². The molecular formula is C16H19N3OS. The zero-order valence-corrected chi connectivity index (χ0v) is 12.8. The molecule has 1 saturated heterocycles. The molecule has 0 spiro atoms. The molecule has 2 aliphatic rings. The minimum absolute atomic E-state index is 0.413. The van der Waals surface area contributed by atoms with Gasteiger partial charge in [-0.05, 0) is 55.2 Å². The summed E-state index contributed by atoms with van der Waals surface area (Å²) in [5, 5.41) is 8.05. The van der Waals surface area contributed by atoms with Crippen LogP contribution in [0.5, 0.6) is 0 Å². The van der Waals surface area contributed by atoms with E-state index in [1.807, 2.05) is 11.8 Å². The van der Waals surface area contributed by atoms with Gasteiger partial charge in [0.05, 0.1) is 5.25 Å². The third kappa shape index (κ3) is 2.67. The second-order valence-corrected chi connectivity index (χ2v) is 7.03. The van der Waals surface area contributed by atoms with Crippen molar-refractivity contribution in [3.8, 4) is 11.5 Å². The number of aryl methyl sites for hydroxylation is 1. The highest BCUT2D eigenvalue weighted by Gasteiger charge is 2.22. The third-order valence-corrected chi connectivity index (χ3v) is 5.57. The van der Waals surface area contributed by atoms with Crippen molar-refractivity contribution < 1.29 is 4.52 Å². The molecule has 1 fully saturated rings. The van der Waals surface area contributed by atoms with Crippen molar-refractivity contribution >= 4 is 17.4 Å². The fourth-order valence-electron chi connectivity index (χ4n) is 3.04. The molecule has 21 heavy (non-hydrogen) atoms. The Bertz CT molecular complexity index is 634. The summed E-state index contributed by atoms with van der Waals surface area (Å²) in [5.74, 6) is 2.73. The number of fused-ring (bicyclic) bond motifs is 1. The topological polar surface area (TPSA) is 51.0 Å². The van der Waals surface area contributed by atoms with Crippen LogP contribution in [-0.4, -0.2) is 22.4 Å². The average Bonchev–Trinajstić information content (AvgIpc) is 3.05. The van der Waals surface area contributed by atoms with E-state index in [1.165, 1.54) is 36.3 Å². The van der Waals surface area contributed by atoms with Crippen molar-refractivity contribution in [3.63, 3.8) is 0 Å². The number of aromatic nitrogens is 2. The first-order valence-corrected chi connectivity index (χ1v) is 8.77. The molecule has 1 aromatic heterocycles. The molecule has 0 amide bonds. The van der Waals surface area contributed by atoms with E-state index in [4.69, 9.17) is 4.52 Å². The van der Waals surface area contributed by atoms with E-state index in [9.17, 15) is 0 Å². The van der Waals surface area contributed by atoms with Crippen LogP contribution in [0.2, 0.25) is 0 Å². The van der Waals surface area contributed by atoms with Crippen LogP contribution in [0.4, 0.5) is 5.69 Å². The molecule has 3 heterocycles. The van der Waals surface area contributed by atoms with Gasteiger partial charge in [-0.1, -0.05) is 11.6 Å². The lowest BCUT2D eigenvalue weighted by Crippen LogP contribution is -2.11. The Morgan fingerprint density at radius 3 is 3.14 bits per heavy atom. The molecule has 5 heteroatoms. The number of anilines is 1. The van der Waals surface area contributed by atoms with Gasteiger partial charge >= 0.3 is 0 Å². The average molecular weight is 301 g/mol. The number of rotatable bonds is 2. The van der Waals surface area contributed by atoms with Gasteiger partial charge in [-0.3, -0.25) is 0 Å². The number of thioether (sulfide) groups is 1. The van der Waals surface area contributed by atoms with Crippen LogP contribution in [0.15, 0.2) is 22.7 Å². The summed E-state index contributed by atoms with van der Waals surface area (Å²) in [4.78, 5) is 4.63. The van der Waals surface area contributed by atoms with Gasteiger partial charge in [0.2, 0.25) is 0 Å². The van der Waals surface area contributed by atoms with E-state index >= 15 is 0 Å². The standard InChI is InChI=1S/C16H19N3OS/c1-2-9-21-14(5-1)15-18-16(20-19-15)12-6-7-13-11(10-12)4-3-8-17-13/h6-7,10,14,17H,1-5,8-9H2. The monoisotopic (exact) mass is 301 g/mol. The van der Waals surface area contributed by atoms with Crippen LogP contribution in [0.1, 0.15) is 42.3 Å². The van der Waals surface area contributed by atoms with Crippen LogP contribution in [-0.2, 0) is 6.42 Å². The molecule has 0 radical (unpaired) electrons. The first kappa shape index (κ1) is 13.2.